The Labute approximate surface area is 186 Å². The van der Waals surface area contributed by atoms with Crippen molar-refractivity contribution in [3.63, 3.8) is 0 Å². The zero-order chi connectivity index (χ0) is 22.1. The summed E-state index contributed by atoms with van der Waals surface area (Å²) in [6.45, 7) is 6.86. The standard InChI is InChI=1S/C24H25N3O3S/c1-4-30-22-10-17(6-8-21(22)28)19-11-23(29)27-13-26(14-31-24(27)20(19)12-25)18-7-5-15(2)16(3)9-18/h5-10,19,28H,4,11,13-14H2,1-3H3/t19-/m1/s1. The highest BCUT2D eigenvalue weighted by molar-refractivity contribution is 8.03. The van der Waals surface area contributed by atoms with Crippen molar-refractivity contribution in [3.8, 4) is 17.6 Å². The molecule has 1 atom stereocenters. The number of carbonyl (C=O) groups excluding carboxylic acids is 1. The topological polar surface area (TPSA) is 76.8 Å². The van der Waals surface area contributed by atoms with E-state index in [0.29, 0.717) is 30.5 Å². The van der Waals surface area contributed by atoms with Gasteiger partial charge < -0.3 is 14.7 Å². The van der Waals surface area contributed by atoms with Gasteiger partial charge in [-0.2, -0.15) is 5.26 Å². The highest BCUT2D eigenvalue weighted by Crippen LogP contribution is 2.44. The number of rotatable bonds is 4. The lowest BCUT2D eigenvalue weighted by atomic mass is 9.86. The Morgan fingerprint density at radius 1 is 1.23 bits per heavy atom. The second-order valence-corrected chi connectivity index (χ2v) is 8.73. The summed E-state index contributed by atoms with van der Waals surface area (Å²) >= 11 is 1.52. The first-order chi connectivity index (χ1) is 14.9. The number of carbonyl (C=O) groups is 1. The van der Waals surface area contributed by atoms with E-state index >= 15 is 0 Å². The predicted molar refractivity (Wildman–Crippen MR) is 122 cm³/mol. The van der Waals surface area contributed by atoms with Crippen molar-refractivity contribution in [2.75, 3.05) is 24.1 Å². The van der Waals surface area contributed by atoms with E-state index in [1.807, 2.05) is 6.92 Å². The summed E-state index contributed by atoms with van der Waals surface area (Å²) in [7, 11) is 0. The molecule has 31 heavy (non-hydrogen) atoms. The van der Waals surface area contributed by atoms with Gasteiger partial charge in [0.1, 0.15) is 0 Å². The Bertz CT molecular complexity index is 1110. The maximum atomic E-state index is 13.1. The molecule has 2 aliphatic rings. The lowest BCUT2D eigenvalue weighted by Gasteiger charge is -2.42. The van der Waals surface area contributed by atoms with Gasteiger partial charge in [0.25, 0.3) is 0 Å². The summed E-state index contributed by atoms with van der Waals surface area (Å²) in [4.78, 5) is 17.0. The molecule has 0 aromatic heterocycles. The number of phenolic OH excluding ortho intramolecular Hbond substituents is 1. The first-order valence-electron chi connectivity index (χ1n) is 10.3. The van der Waals surface area contributed by atoms with E-state index in [2.05, 4.69) is 43.0 Å². The fourth-order valence-electron chi connectivity index (χ4n) is 3.95. The van der Waals surface area contributed by atoms with Crippen LogP contribution in [0.3, 0.4) is 0 Å². The van der Waals surface area contributed by atoms with Gasteiger partial charge in [-0.25, -0.2) is 0 Å². The maximum absolute atomic E-state index is 13.1. The van der Waals surface area contributed by atoms with Crippen LogP contribution >= 0.6 is 11.8 Å². The number of phenols is 1. The fourth-order valence-corrected chi connectivity index (χ4v) is 5.12. The fraction of sp³-hybridized carbons (Fsp3) is 0.333. The first-order valence-corrected chi connectivity index (χ1v) is 11.3. The summed E-state index contributed by atoms with van der Waals surface area (Å²) in [5, 5.41) is 20.7. The molecule has 1 N–H and O–H groups in total. The molecule has 1 amide bonds. The number of nitriles is 1. The summed E-state index contributed by atoms with van der Waals surface area (Å²) in [5.74, 6) is 0.737. The van der Waals surface area contributed by atoms with Crippen LogP contribution in [0.15, 0.2) is 47.0 Å². The van der Waals surface area contributed by atoms with Gasteiger partial charge in [-0.1, -0.05) is 23.9 Å². The zero-order valence-corrected chi connectivity index (χ0v) is 18.7. The maximum Gasteiger partial charge on any atom is 0.229 e. The highest BCUT2D eigenvalue weighted by atomic mass is 32.2. The van der Waals surface area contributed by atoms with E-state index in [1.165, 1.54) is 22.9 Å². The van der Waals surface area contributed by atoms with Crippen molar-refractivity contribution in [1.29, 1.82) is 5.26 Å². The summed E-state index contributed by atoms with van der Waals surface area (Å²) in [6, 6.07) is 13.7. The van der Waals surface area contributed by atoms with Crippen LogP contribution in [-0.2, 0) is 4.79 Å². The smallest absolute Gasteiger partial charge is 0.229 e. The van der Waals surface area contributed by atoms with Crippen molar-refractivity contribution in [2.45, 2.75) is 33.1 Å². The van der Waals surface area contributed by atoms with Crippen LogP contribution in [-0.4, -0.2) is 35.1 Å². The van der Waals surface area contributed by atoms with Gasteiger partial charge in [0.15, 0.2) is 11.5 Å². The molecule has 0 bridgehead atoms. The van der Waals surface area contributed by atoms with E-state index in [-0.39, 0.29) is 24.0 Å². The van der Waals surface area contributed by atoms with Gasteiger partial charge >= 0.3 is 0 Å². The van der Waals surface area contributed by atoms with Crippen LogP contribution in [0, 0.1) is 25.2 Å². The summed E-state index contributed by atoms with van der Waals surface area (Å²) in [6.07, 6.45) is 0.212. The number of aryl methyl sites for hydroxylation is 2. The van der Waals surface area contributed by atoms with Gasteiger partial charge in [-0.05, 0) is 61.7 Å². The largest absolute Gasteiger partial charge is 0.504 e. The average molecular weight is 436 g/mol. The molecule has 0 unspecified atom stereocenters. The third-order valence-corrected chi connectivity index (χ3v) is 6.99. The number of hydrogen-bond acceptors (Lipinski definition) is 6. The van der Waals surface area contributed by atoms with Gasteiger partial charge in [0.05, 0.1) is 35.8 Å². The molecule has 0 spiro atoms. The highest BCUT2D eigenvalue weighted by Gasteiger charge is 2.38. The Morgan fingerprint density at radius 2 is 2.03 bits per heavy atom. The van der Waals surface area contributed by atoms with Crippen LogP contribution in [0.1, 0.15) is 36.0 Å². The van der Waals surface area contributed by atoms with Crippen molar-refractivity contribution in [2.24, 2.45) is 0 Å². The van der Waals surface area contributed by atoms with E-state index in [9.17, 15) is 15.2 Å². The van der Waals surface area contributed by atoms with Crippen LogP contribution in [0.2, 0.25) is 0 Å². The first kappa shape index (κ1) is 21.1. The number of thioether (sulfide) groups is 1. The second kappa shape index (κ2) is 8.56. The number of aromatic hydroxyl groups is 1. The third kappa shape index (κ3) is 3.96. The SMILES string of the molecule is CCOc1cc([C@H]2CC(=O)N3CN(c4ccc(C)c(C)c4)CSC3=C2C#N)ccc1O. The van der Waals surface area contributed by atoms with Gasteiger partial charge in [0, 0.05) is 18.0 Å². The number of ether oxygens (including phenoxy) is 1. The molecule has 0 saturated carbocycles. The summed E-state index contributed by atoms with van der Waals surface area (Å²) in [5.41, 5.74) is 4.91. The summed E-state index contributed by atoms with van der Waals surface area (Å²) < 4.78 is 5.50. The van der Waals surface area contributed by atoms with Crippen LogP contribution in [0.25, 0.3) is 0 Å². The van der Waals surface area contributed by atoms with E-state index < -0.39 is 0 Å². The van der Waals surface area contributed by atoms with Crippen molar-refractivity contribution in [3.05, 3.63) is 63.7 Å². The van der Waals surface area contributed by atoms with Crippen molar-refractivity contribution < 1.29 is 14.6 Å². The van der Waals surface area contributed by atoms with Crippen molar-refractivity contribution >= 4 is 23.4 Å². The molecular weight excluding hydrogens is 410 g/mol. The van der Waals surface area contributed by atoms with Crippen LogP contribution in [0.5, 0.6) is 11.5 Å². The molecule has 1 fully saturated rings. The number of fused-ring (bicyclic) bond motifs is 1. The van der Waals surface area contributed by atoms with E-state index in [4.69, 9.17) is 4.74 Å². The molecule has 7 heteroatoms. The third-order valence-electron chi connectivity index (χ3n) is 5.84. The molecule has 2 heterocycles. The monoisotopic (exact) mass is 435 g/mol. The average Bonchev–Trinajstić information content (AvgIpc) is 2.77. The number of nitrogens with zero attached hydrogens (tertiary/aromatic N) is 3. The zero-order valence-electron chi connectivity index (χ0n) is 17.9. The number of allylic oxidation sites excluding steroid dienone is 1. The minimum Gasteiger partial charge on any atom is -0.504 e. The quantitative estimate of drug-likeness (QED) is 0.755. The molecule has 2 aromatic rings. The normalized spacial score (nSPS) is 18.6. The van der Waals surface area contributed by atoms with Crippen LogP contribution in [0.4, 0.5) is 5.69 Å². The van der Waals surface area contributed by atoms with Crippen LogP contribution < -0.4 is 9.64 Å². The molecule has 160 valence electrons. The molecule has 0 radical (unpaired) electrons. The predicted octanol–water partition coefficient (Wildman–Crippen LogP) is 4.63. The Morgan fingerprint density at radius 3 is 2.74 bits per heavy atom. The van der Waals surface area contributed by atoms with E-state index in [1.54, 1.807) is 23.1 Å². The van der Waals surface area contributed by atoms with Gasteiger partial charge in [-0.3, -0.25) is 9.69 Å². The lowest BCUT2D eigenvalue weighted by molar-refractivity contribution is -0.129. The number of anilines is 1. The number of benzene rings is 2. The van der Waals surface area contributed by atoms with Gasteiger partial charge in [-0.15, -0.1) is 0 Å². The molecular formula is C24H25N3O3S. The molecule has 4 rings (SSSR count). The minimum atomic E-state index is -0.343. The number of amides is 1. The van der Waals surface area contributed by atoms with Gasteiger partial charge in [0.2, 0.25) is 5.91 Å². The second-order valence-electron chi connectivity index (χ2n) is 7.79. The Balaban J connectivity index is 1.66. The molecule has 1 saturated heterocycles. The molecule has 2 aliphatic heterocycles. The van der Waals surface area contributed by atoms with E-state index in [0.717, 1.165) is 16.3 Å². The van der Waals surface area contributed by atoms with Crippen molar-refractivity contribution in [1.82, 2.24) is 4.90 Å². The number of hydrogen-bond donors (Lipinski definition) is 1. The lowest BCUT2D eigenvalue weighted by Crippen LogP contribution is -2.47. The molecule has 6 nitrogen and oxygen atoms in total. The molecule has 0 aliphatic carbocycles. The minimum absolute atomic E-state index is 0.00827. The Kier molecular flexibility index (Phi) is 5.84. The Hall–Kier alpha value is -3.11. The molecule has 2 aromatic carbocycles.